The molecule has 0 bridgehead atoms. The molecule has 2 aromatic heterocycles. The van der Waals surface area contributed by atoms with Gasteiger partial charge in [0.2, 0.25) is 5.88 Å². The summed E-state index contributed by atoms with van der Waals surface area (Å²) in [5, 5.41) is 5.54. The summed E-state index contributed by atoms with van der Waals surface area (Å²) in [5.41, 5.74) is 2.01. The second kappa shape index (κ2) is 6.00. The van der Waals surface area contributed by atoms with Gasteiger partial charge in [0.05, 0.1) is 24.5 Å². The van der Waals surface area contributed by atoms with Crippen LogP contribution in [0.5, 0.6) is 17.6 Å². The van der Waals surface area contributed by atoms with Crippen LogP contribution in [-0.2, 0) is 0 Å². The second-order valence-electron chi connectivity index (χ2n) is 5.09. The van der Waals surface area contributed by atoms with Crippen LogP contribution in [0.4, 0.5) is 0 Å². The summed E-state index contributed by atoms with van der Waals surface area (Å²) in [6.07, 6.45) is 3.44. The zero-order chi connectivity index (χ0) is 16.4. The van der Waals surface area contributed by atoms with Crippen molar-refractivity contribution < 1.29 is 9.47 Å². The van der Waals surface area contributed by atoms with Crippen molar-refractivity contribution in [1.82, 2.24) is 19.7 Å². The number of hydrogen-bond donors (Lipinski definition) is 0. The number of ether oxygens (including phenoxy) is 2. The van der Waals surface area contributed by atoms with Crippen molar-refractivity contribution >= 4 is 10.9 Å². The summed E-state index contributed by atoms with van der Waals surface area (Å²) < 4.78 is 12.6. The molecular formula is C18H14N4O2. The molecular weight excluding hydrogens is 304 g/mol. The number of fused-ring (bicyclic) bond motifs is 1. The highest BCUT2D eigenvalue weighted by atomic mass is 16.5. The van der Waals surface area contributed by atoms with Gasteiger partial charge in [-0.2, -0.15) is 10.1 Å². The van der Waals surface area contributed by atoms with E-state index in [1.54, 1.807) is 19.4 Å². The highest BCUT2D eigenvalue weighted by Crippen LogP contribution is 2.23. The quantitative estimate of drug-likeness (QED) is 0.575. The van der Waals surface area contributed by atoms with E-state index in [4.69, 9.17) is 9.47 Å². The Morgan fingerprint density at radius 1 is 0.958 bits per heavy atom. The predicted molar refractivity (Wildman–Crippen MR) is 89.7 cm³/mol. The first kappa shape index (κ1) is 14.2. The van der Waals surface area contributed by atoms with Gasteiger partial charge in [-0.15, -0.1) is 0 Å². The molecule has 2 aromatic carbocycles. The molecule has 4 aromatic rings. The highest BCUT2D eigenvalue weighted by molar-refractivity contribution is 5.80. The number of methoxy groups -OCH3 is 1. The summed E-state index contributed by atoms with van der Waals surface area (Å²) >= 11 is 0. The molecule has 0 unspecified atom stereocenters. The molecule has 0 aliphatic carbocycles. The zero-order valence-electron chi connectivity index (χ0n) is 13.0. The molecule has 0 radical (unpaired) electrons. The van der Waals surface area contributed by atoms with Crippen molar-refractivity contribution in [3.8, 4) is 23.3 Å². The zero-order valence-corrected chi connectivity index (χ0v) is 13.0. The Hall–Kier alpha value is -3.41. The minimum Gasteiger partial charge on any atom is -0.481 e. The van der Waals surface area contributed by atoms with Gasteiger partial charge in [-0.1, -0.05) is 18.2 Å². The van der Waals surface area contributed by atoms with Crippen LogP contribution in [0.1, 0.15) is 0 Å². The number of para-hydroxylation sites is 1. The summed E-state index contributed by atoms with van der Waals surface area (Å²) in [7, 11) is 1.55. The summed E-state index contributed by atoms with van der Waals surface area (Å²) in [4.78, 5) is 8.19. The maximum absolute atomic E-state index is 5.65. The van der Waals surface area contributed by atoms with Crippen LogP contribution >= 0.6 is 0 Å². The number of nitrogens with zero attached hydrogens (tertiary/aromatic N) is 4. The summed E-state index contributed by atoms with van der Waals surface area (Å²) in [6, 6.07) is 17.6. The van der Waals surface area contributed by atoms with E-state index in [0.717, 1.165) is 16.6 Å². The Balaban J connectivity index is 1.60. The Bertz CT molecular complexity index is 980. The van der Waals surface area contributed by atoms with Gasteiger partial charge in [-0.3, -0.25) is 0 Å². The fourth-order valence-electron chi connectivity index (χ4n) is 2.43. The molecule has 0 saturated heterocycles. The van der Waals surface area contributed by atoms with Crippen molar-refractivity contribution in [2.45, 2.75) is 0 Å². The average Bonchev–Trinajstić information content (AvgIpc) is 3.07. The SMILES string of the molecule is COc1ccnc(Oc2ccc(-n3ncc4ccccc43)cc2)n1. The number of hydrogen-bond acceptors (Lipinski definition) is 5. The minimum absolute atomic E-state index is 0.242. The van der Waals surface area contributed by atoms with E-state index >= 15 is 0 Å². The van der Waals surface area contributed by atoms with Crippen LogP contribution in [0.15, 0.2) is 67.0 Å². The van der Waals surface area contributed by atoms with Crippen LogP contribution in [-0.4, -0.2) is 26.9 Å². The molecule has 0 N–H and O–H groups in total. The van der Waals surface area contributed by atoms with Gasteiger partial charge in [0.15, 0.2) is 0 Å². The fraction of sp³-hybridized carbons (Fsp3) is 0.0556. The van der Waals surface area contributed by atoms with Gasteiger partial charge in [0, 0.05) is 17.6 Å². The lowest BCUT2D eigenvalue weighted by Gasteiger charge is -2.07. The molecule has 0 aliphatic rings. The Morgan fingerprint density at radius 2 is 1.79 bits per heavy atom. The molecule has 2 heterocycles. The fourth-order valence-corrected chi connectivity index (χ4v) is 2.43. The smallest absolute Gasteiger partial charge is 0.325 e. The third-order valence-corrected chi connectivity index (χ3v) is 3.58. The van der Waals surface area contributed by atoms with Gasteiger partial charge in [-0.05, 0) is 30.3 Å². The lowest BCUT2D eigenvalue weighted by Crippen LogP contribution is -1.97. The summed E-state index contributed by atoms with van der Waals surface area (Å²) in [6.45, 7) is 0. The highest BCUT2D eigenvalue weighted by Gasteiger charge is 2.06. The third-order valence-electron chi connectivity index (χ3n) is 3.58. The van der Waals surface area contributed by atoms with Crippen molar-refractivity contribution in [2.24, 2.45) is 0 Å². The van der Waals surface area contributed by atoms with E-state index in [2.05, 4.69) is 15.1 Å². The van der Waals surface area contributed by atoms with Crippen LogP contribution < -0.4 is 9.47 Å². The molecule has 24 heavy (non-hydrogen) atoms. The standard InChI is InChI=1S/C18H14N4O2/c1-23-17-10-11-19-18(21-17)24-15-8-6-14(7-9-15)22-16-5-3-2-4-13(16)12-20-22/h2-12H,1H3. The number of rotatable bonds is 4. The molecule has 0 spiro atoms. The van der Waals surface area contributed by atoms with Crippen LogP contribution in [0.3, 0.4) is 0 Å². The van der Waals surface area contributed by atoms with E-state index in [9.17, 15) is 0 Å². The average molecular weight is 318 g/mol. The largest absolute Gasteiger partial charge is 0.481 e. The van der Waals surface area contributed by atoms with Crippen molar-refractivity contribution in [3.05, 3.63) is 67.0 Å². The molecule has 0 fully saturated rings. The molecule has 6 nitrogen and oxygen atoms in total. The topological polar surface area (TPSA) is 62.1 Å². The lowest BCUT2D eigenvalue weighted by atomic mass is 10.2. The van der Waals surface area contributed by atoms with E-state index in [0.29, 0.717) is 11.6 Å². The monoisotopic (exact) mass is 318 g/mol. The van der Waals surface area contributed by atoms with E-state index < -0.39 is 0 Å². The molecule has 0 saturated carbocycles. The Labute approximate surface area is 138 Å². The first-order chi connectivity index (χ1) is 11.8. The van der Waals surface area contributed by atoms with Crippen LogP contribution in [0.25, 0.3) is 16.6 Å². The van der Waals surface area contributed by atoms with E-state index in [1.807, 2.05) is 59.4 Å². The molecule has 0 atom stereocenters. The number of benzene rings is 2. The van der Waals surface area contributed by atoms with Gasteiger partial charge >= 0.3 is 6.01 Å². The normalized spacial score (nSPS) is 10.7. The molecule has 4 rings (SSSR count). The van der Waals surface area contributed by atoms with Crippen LogP contribution in [0, 0.1) is 0 Å². The van der Waals surface area contributed by atoms with Crippen LogP contribution in [0.2, 0.25) is 0 Å². The van der Waals surface area contributed by atoms with E-state index in [-0.39, 0.29) is 6.01 Å². The summed E-state index contributed by atoms with van der Waals surface area (Å²) in [5.74, 6) is 1.10. The number of aromatic nitrogens is 4. The van der Waals surface area contributed by atoms with Crippen molar-refractivity contribution in [1.29, 1.82) is 0 Å². The van der Waals surface area contributed by atoms with Gasteiger partial charge < -0.3 is 9.47 Å². The first-order valence-electron chi connectivity index (χ1n) is 7.41. The molecule has 0 aliphatic heterocycles. The Kier molecular flexibility index (Phi) is 3.55. The van der Waals surface area contributed by atoms with E-state index in [1.165, 1.54) is 0 Å². The van der Waals surface area contributed by atoms with Crippen molar-refractivity contribution in [3.63, 3.8) is 0 Å². The maximum atomic E-state index is 5.65. The van der Waals surface area contributed by atoms with Gasteiger partial charge in [-0.25, -0.2) is 9.67 Å². The van der Waals surface area contributed by atoms with Gasteiger partial charge in [0.25, 0.3) is 0 Å². The molecule has 118 valence electrons. The lowest BCUT2D eigenvalue weighted by molar-refractivity contribution is 0.376. The molecule has 0 amide bonds. The minimum atomic E-state index is 0.242. The Morgan fingerprint density at radius 3 is 2.62 bits per heavy atom. The maximum Gasteiger partial charge on any atom is 0.325 e. The second-order valence-corrected chi connectivity index (χ2v) is 5.09. The predicted octanol–water partition coefficient (Wildman–Crippen LogP) is 3.62. The first-order valence-corrected chi connectivity index (χ1v) is 7.41. The van der Waals surface area contributed by atoms with Crippen molar-refractivity contribution in [2.75, 3.05) is 7.11 Å². The molecule has 6 heteroatoms. The third kappa shape index (κ3) is 2.65. The van der Waals surface area contributed by atoms with Gasteiger partial charge in [0.1, 0.15) is 5.75 Å².